The zero-order chi connectivity index (χ0) is 41.8. The molecule has 7 amide bonds. The molecule has 1 saturated heterocycles. The highest BCUT2D eigenvalue weighted by Crippen LogP contribution is 2.19. The molecule has 1 rings (SSSR count). The van der Waals surface area contributed by atoms with E-state index in [4.69, 9.17) is 34.4 Å². The van der Waals surface area contributed by atoms with Gasteiger partial charge in [-0.3, -0.25) is 43.5 Å². The number of likely N-dealkylation sites (tertiary alicyclic amines) is 1. The van der Waals surface area contributed by atoms with Gasteiger partial charge in [0.2, 0.25) is 41.4 Å². The van der Waals surface area contributed by atoms with Crippen LogP contribution < -0.4 is 61.0 Å². The van der Waals surface area contributed by atoms with Gasteiger partial charge in [-0.25, -0.2) is 4.79 Å². The van der Waals surface area contributed by atoms with Crippen molar-refractivity contribution in [3.05, 3.63) is 0 Å². The third kappa shape index (κ3) is 18.2. The van der Waals surface area contributed by atoms with Gasteiger partial charge >= 0.3 is 5.97 Å². The standard InChI is InChI=1S/C32H58N14O9/c1-16(2)13-20(44-28(52)21(14-23(34)47)45-27(51)18(43-25(49)17(3)33)7-4-10-39-31(35)36)26(50)41-15-24(48)42-19(8-5-11-40-32(37)38)29(53)46-12-6-9-22(46)30(54)55/h16-22H,4-15,33H2,1-3H3,(H2,34,47)(H,41,50)(H,42,48)(H,43,49)(H,44,52)(H,45,51)(H,54,55)(H4,35,36,39)(H4,37,38,40)/t17-,18-,19-,20-,21-,22-/m0/s1. The maximum Gasteiger partial charge on any atom is 0.326 e. The lowest BCUT2D eigenvalue weighted by Crippen LogP contribution is -2.58. The van der Waals surface area contributed by atoms with Crippen molar-refractivity contribution in [3.63, 3.8) is 0 Å². The van der Waals surface area contributed by atoms with E-state index < -0.39 is 96.5 Å². The first-order valence-corrected chi connectivity index (χ1v) is 17.9. The van der Waals surface area contributed by atoms with Crippen molar-refractivity contribution < 1.29 is 43.5 Å². The zero-order valence-electron chi connectivity index (χ0n) is 31.5. The summed E-state index contributed by atoms with van der Waals surface area (Å²) in [7, 11) is 0. The monoisotopic (exact) mass is 782 g/mol. The molecule has 0 aromatic heterocycles. The largest absolute Gasteiger partial charge is 0.480 e. The molecular weight excluding hydrogens is 724 g/mol. The SMILES string of the molecule is CC(C)C[C@H](NC(=O)[C@H](CC(N)=O)NC(=O)[C@H](CCCN=C(N)N)NC(=O)[C@H](C)N)C(=O)NCC(=O)N[C@@H](CCCN=C(N)N)C(=O)N1CCC[C@H]1C(=O)O. The van der Waals surface area contributed by atoms with Crippen LogP contribution in [0.4, 0.5) is 0 Å². The lowest BCUT2D eigenvalue weighted by Gasteiger charge is -2.27. The van der Waals surface area contributed by atoms with Crippen LogP contribution in [0, 0.1) is 5.92 Å². The van der Waals surface area contributed by atoms with Gasteiger partial charge in [0, 0.05) is 19.6 Å². The van der Waals surface area contributed by atoms with Crippen LogP contribution in [0.1, 0.15) is 72.1 Å². The van der Waals surface area contributed by atoms with Gasteiger partial charge in [0.1, 0.15) is 30.2 Å². The highest BCUT2D eigenvalue weighted by Gasteiger charge is 2.38. The molecule has 1 aliphatic rings. The van der Waals surface area contributed by atoms with Crippen LogP contribution in [0.5, 0.6) is 0 Å². The van der Waals surface area contributed by atoms with Crippen LogP contribution in [0.25, 0.3) is 0 Å². The van der Waals surface area contributed by atoms with Gasteiger partial charge in [0.15, 0.2) is 11.9 Å². The summed E-state index contributed by atoms with van der Waals surface area (Å²) in [6, 6.07) is -7.24. The number of carboxylic acid groups (broad SMARTS) is 1. The minimum Gasteiger partial charge on any atom is -0.480 e. The Morgan fingerprint density at radius 3 is 1.76 bits per heavy atom. The molecule has 1 heterocycles. The number of aliphatic imine (C=N–C) groups is 2. The molecule has 0 aromatic rings. The fraction of sp³-hybridized carbons (Fsp3) is 0.688. The van der Waals surface area contributed by atoms with Crippen LogP contribution in [0.15, 0.2) is 9.98 Å². The summed E-state index contributed by atoms with van der Waals surface area (Å²) in [6.45, 7) is 4.73. The number of primary amides is 1. The van der Waals surface area contributed by atoms with Gasteiger partial charge in [-0.1, -0.05) is 13.8 Å². The third-order valence-corrected chi connectivity index (χ3v) is 8.19. The molecule has 23 heteroatoms. The first-order valence-electron chi connectivity index (χ1n) is 17.9. The number of hydrogen-bond donors (Lipinski definition) is 12. The maximum absolute atomic E-state index is 13.5. The Kier molecular flexibility index (Phi) is 20.5. The number of aliphatic carboxylic acids is 1. The summed E-state index contributed by atoms with van der Waals surface area (Å²) in [5, 5.41) is 21.9. The van der Waals surface area contributed by atoms with E-state index in [2.05, 4.69) is 36.6 Å². The fourth-order valence-electron chi connectivity index (χ4n) is 5.52. The first kappa shape index (κ1) is 47.3. The van der Waals surface area contributed by atoms with Crippen molar-refractivity contribution >= 4 is 59.2 Å². The van der Waals surface area contributed by atoms with E-state index in [0.29, 0.717) is 6.42 Å². The topological polar surface area (TPSA) is 401 Å². The molecule has 310 valence electrons. The molecule has 23 nitrogen and oxygen atoms in total. The molecular formula is C32H58N14O9. The number of nitrogens with two attached hydrogens (primary N) is 6. The van der Waals surface area contributed by atoms with Crippen molar-refractivity contribution in [2.75, 3.05) is 26.2 Å². The number of carbonyl (C=O) groups excluding carboxylic acids is 7. The third-order valence-electron chi connectivity index (χ3n) is 8.19. The molecule has 0 spiro atoms. The smallest absolute Gasteiger partial charge is 0.326 e. The first-order chi connectivity index (χ1) is 25.7. The number of guanidine groups is 2. The number of nitrogens with zero attached hydrogens (tertiary/aromatic N) is 3. The average molecular weight is 783 g/mol. The van der Waals surface area contributed by atoms with Gasteiger partial charge in [-0.2, -0.15) is 0 Å². The molecule has 0 aliphatic carbocycles. The van der Waals surface area contributed by atoms with Gasteiger partial charge in [0.05, 0.1) is 19.0 Å². The van der Waals surface area contributed by atoms with Crippen molar-refractivity contribution in [2.45, 2.75) is 108 Å². The summed E-state index contributed by atoms with van der Waals surface area (Å²) in [4.78, 5) is 111. The minimum absolute atomic E-state index is 0.0212. The summed E-state index contributed by atoms with van der Waals surface area (Å²) in [5.74, 6) is -7.34. The van der Waals surface area contributed by atoms with E-state index >= 15 is 0 Å². The van der Waals surface area contributed by atoms with E-state index in [-0.39, 0.29) is 76.0 Å². The van der Waals surface area contributed by atoms with E-state index in [1.165, 1.54) is 11.8 Å². The lowest BCUT2D eigenvalue weighted by atomic mass is 10.0. The molecule has 55 heavy (non-hydrogen) atoms. The number of rotatable bonds is 24. The summed E-state index contributed by atoms with van der Waals surface area (Å²) in [5.41, 5.74) is 32.4. The number of carbonyl (C=O) groups is 8. The highest BCUT2D eigenvalue weighted by molar-refractivity contribution is 5.97. The lowest BCUT2D eigenvalue weighted by molar-refractivity contribution is -0.149. The average Bonchev–Trinajstić information content (AvgIpc) is 3.58. The summed E-state index contributed by atoms with van der Waals surface area (Å²) in [6.07, 6.45) is 0.684. The molecule has 1 aliphatic heterocycles. The predicted octanol–water partition coefficient (Wildman–Crippen LogP) is -5.51. The van der Waals surface area contributed by atoms with E-state index in [1.54, 1.807) is 13.8 Å². The van der Waals surface area contributed by atoms with Gasteiger partial charge in [-0.15, -0.1) is 0 Å². The molecule has 6 atom stereocenters. The second-order valence-corrected chi connectivity index (χ2v) is 13.5. The van der Waals surface area contributed by atoms with Crippen molar-refractivity contribution in [2.24, 2.45) is 50.3 Å². The normalized spacial score (nSPS) is 16.3. The molecule has 0 radical (unpaired) electrons. The number of amides is 7. The number of nitrogens with one attached hydrogen (secondary N) is 5. The molecule has 0 unspecified atom stereocenters. The Bertz CT molecular complexity index is 1430. The van der Waals surface area contributed by atoms with Gasteiger partial charge in [-0.05, 0) is 57.8 Å². The van der Waals surface area contributed by atoms with Crippen LogP contribution >= 0.6 is 0 Å². The summed E-state index contributed by atoms with van der Waals surface area (Å²) < 4.78 is 0. The Hall–Kier alpha value is -5.74. The quantitative estimate of drug-likeness (QED) is 0.0247. The van der Waals surface area contributed by atoms with E-state index in [9.17, 15) is 43.5 Å². The highest BCUT2D eigenvalue weighted by atomic mass is 16.4. The predicted molar refractivity (Wildman–Crippen MR) is 200 cm³/mol. The molecule has 0 aromatic carbocycles. The second-order valence-electron chi connectivity index (χ2n) is 13.5. The maximum atomic E-state index is 13.5. The Balaban J connectivity index is 3.10. The van der Waals surface area contributed by atoms with Gasteiger partial charge in [0.25, 0.3) is 0 Å². The van der Waals surface area contributed by atoms with Crippen molar-refractivity contribution in [1.82, 2.24) is 31.5 Å². The Morgan fingerprint density at radius 2 is 1.25 bits per heavy atom. The molecule has 0 saturated carbocycles. The number of hydrogen-bond acceptors (Lipinski definition) is 11. The van der Waals surface area contributed by atoms with Crippen LogP contribution in [-0.4, -0.2) is 132 Å². The van der Waals surface area contributed by atoms with E-state index in [1.807, 2.05) is 0 Å². The second kappa shape index (κ2) is 23.8. The summed E-state index contributed by atoms with van der Waals surface area (Å²) >= 11 is 0. The number of carboxylic acids is 1. The van der Waals surface area contributed by atoms with Crippen LogP contribution in [-0.2, 0) is 38.4 Å². The van der Waals surface area contributed by atoms with E-state index in [0.717, 1.165) is 0 Å². The van der Waals surface area contributed by atoms with Crippen molar-refractivity contribution in [1.29, 1.82) is 0 Å². The Morgan fingerprint density at radius 1 is 0.727 bits per heavy atom. The van der Waals surface area contributed by atoms with Crippen LogP contribution in [0.2, 0.25) is 0 Å². The molecule has 1 fully saturated rings. The fourth-order valence-corrected chi connectivity index (χ4v) is 5.52. The van der Waals surface area contributed by atoms with Crippen LogP contribution in [0.3, 0.4) is 0 Å². The molecule has 0 bridgehead atoms. The molecule has 18 N–H and O–H groups in total. The van der Waals surface area contributed by atoms with Gasteiger partial charge < -0.3 is 71.0 Å². The van der Waals surface area contributed by atoms with Crippen molar-refractivity contribution in [3.8, 4) is 0 Å². The zero-order valence-corrected chi connectivity index (χ0v) is 31.5. The minimum atomic E-state index is -1.57. The Labute approximate surface area is 318 Å².